The smallest absolute Gasteiger partial charge is 0.328 e. The van der Waals surface area contributed by atoms with Crippen LogP contribution in [0.5, 0.6) is 5.75 Å². The minimum atomic E-state index is -0.348. The van der Waals surface area contributed by atoms with Gasteiger partial charge in [-0.15, -0.1) is 0 Å². The molecular weight excluding hydrogens is 286 g/mol. The van der Waals surface area contributed by atoms with E-state index in [1.54, 1.807) is 7.11 Å². The van der Waals surface area contributed by atoms with Crippen LogP contribution in [0, 0.1) is 0 Å². The first-order valence-electron chi connectivity index (χ1n) is 5.29. The van der Waals surface area contributed by atoms with Gasteiger partial charge in [-0.2, -0.15) is 0 Å². The van der Waals surface area contributed by atoms with Gasteiger partial charge in [-0.1, -0.05) is 22.9 Å². The molecular formula is C12H16BrNO3. The number of ether oxygens (including phenoxy) is 2. The van der Waals surface area contributed by atoms with Crippen molar-refractivity contribution in [2.75, 3.05) is 19.5 Å². The van der Waals surface area contributed by atoms with Gasteiger partial charge < -0.3 is 14.8 Å². The summed E-state index contributed by atoms with van der Waals surface area (Å²) in [4.78, 5) is 11.5. The van der Waals surface area contributed by atoms with Gasteiger partial charge in [0, 0.05) is 16.2 Å². The zero-order chi connectivity index (χ0) is 12.8. The van der Waals surface area contributed by atoms with Crippen LogP contribution in [0.25, 0.3) is 0 Å². The van der Waals surface area contributed by atoms with Crippen molar-refractivity contribution in [2.24, 2.45) is 0 Å². The molecule has 1 rings (SSSR count). The van der Waals surface area contributed by atoms with Gasteiger partial charge in [0.15, 0.2) is 0 Å². The van der Waals surface area contributed by atoms with Gasteiger partial charge in [0.1, 0.15) is 11.8 Å². The van der Waals surface area contributed by atoms with Crippen molar-refractivity contribution in [1.82, 2.24) is 0 Å². The van der Waals surface area contributed by atoms with Crippen LogP contribution in [0.15, 0.2) is 22.7 Å². The molecule has 0 saturated heterocycles. The van der Waals surface area contributed by atoms with E-state index in [-0.39, 0.29) is 12.0 Å². The first-order valence-corrected chi connectivity index (χ1v) is 6.09. The average Bonchev–Trinajstić information content (AvgIpc) is 2.34. The summed E-state index contributed by atoms with van der Waals surface area (Å²) in [5, 5.41) is 3.11. The normalized spacial score (nSPS) is 11.8. The largest absolute Gasteiger partial charge is 0.497 e. The molecule has 17 heavy (non-hydrogen) atoms. The van der Waals surface area contributed by atoms with Crippen LogP contribution >= 0.6 is 15.9 Å². The van der Waals surface area contributed by atoms with E-state index in [0.29, 0.717) is 6.42 Å². The Balaban J connectivity index is 2.85. The highest BCUT2D eigenvalue weighted by Crippen LogP contribution is 2.25. The molecule has 4 nitrogen and oxygen atoms in total. The fraction of sp³-hybridized carbons (Fsp3) is 0.417. The molecule has 0 fully saturated rings. The van der Waals surface area contributed by atoms with Crippen LogP contribution in [0.3, 0.4) is 0 Å². The van der Waals surface area contributed by atoms with Crippen LogP contribution in [0.2, 0.25) is 0 Å². The number of carbonyl (C=O) groups is 1. The minimum absolute atomic E-state index is 0.272. The number of esters is 1. The lowest BCUT2D eigenvalue weighted by molar-refractivity contribution is -0.141. The highest BCUT2D eigenvalue weighted by molar-refractivity contribution is 9.10. The molecule has 1 aromatic rings. The fourth-order valence-corrected chi connectivity index (χ4v) is 1.91. The maximum atomic E-state index is 11.5. The summed E-state index contributed by atoms with van der Waals surface area (Å²) in [6, 6.07) is 5.22. The number of benzene rings is 1. The number of halogens is 1. The van der Waals surface area contributed by atoms with E-state index < -0.39 is 0 Å². The summed E-state index contributed by atoms with van der Waals surface area (Å²) in [6.07, 6.45) is 0.654. The van der Waals surface area contributed by atoms with E-state index in [4.69, 9.17) is 9.47 Å². The summed E-state index contributed by atoms with van der Waals surface area (Å²) in [5.74, 6) is 0.452. The number of carbonyl (C=O) groups excluding carboxylic acids is 1. The van der Waals surface area contributed by atoms with Crippen molar-refractivity contribution >= 4 is 27.6 Å². The molecule has 0 saturated carbocycles. The molecule has 0 amide bonds. The van der Waals surface area contributed by atoms with E-state index in [9.17, 15) is 4.79 Å². The molecule has 1 N–H and O–H groups in total. The number of nitrogens with one attached hydrogen (secondary N) is 1. The van der Waals surface area contributed by atoms with E-state index in [2.05, 4.69) is 21.2 Å². The topological polar surface area (TPSA) is 47.6 Å². The number of anilines is 1. The van der Waals surface area contributed by atoms with E-state index in [1.807, 2.05) is 25.1 Å². The van der Waals surface area contributed by atoms with Crippen molar-refractivity contribution in [2.45, 2.75) is 19.4 Å². The average molecular weight is 302 g/mol. The minimum Gasteiger partial charge on any atom is -0.497 e. The highest BCUT2D eigenvalue weighted by atomic mass is 79.9. The van der Waals surface area contributed by atoms with Gasteiger partial charge in [-0.25, -0.2) is 4.79 Å². The van der Waals surface area contributed by atoms with Crippen molar-refractivity contribution in [3.63, 3.8) is 0 Å². The zero-order valence-corrected chi connectivity index (χ0v) is 11.7. The second-order valence-corrected chi connectivity index (χ2v) is 4.42. The standard InChI is InChI=1S/C12H16BrNO3/c1-4-11(12(15)17-3)14-9-5-8(13)6-10(7-9)16-2/h5-7,11,14H,4H2,1-3H3. The summed E-state index contributed by atoms with van der Waals surface area (Å²) in [6.45, 7) is 1.92. The third-order valence-electron chi connectivity index (χ3n) is 2.34. The molecule has 94 valence electrons. The number of hydrogen-bond donors (Lipinski definition) is 1. The lowest BCUT2D eigenvalue weighted by atomic mass is 10.2. The predicted molar refractivity (Wildman–Crippen MR) is 70.4 cm³/mol. The molecule has 0 aliphatic heterocycles. The maximum absolute atomic E-state index is 11.5. The Bertz CT molecular complexity index is 395. The first kappa shape index (κ1) is 13.8. The summed E-state index contributed by atoms with van der Waals surface area (Å²) in [5.41, 5.74) is 0.813. The Hall–Kier alpha value is -1.23. The number of hydrogen-bond acceptors (Lipinski definition) is 4. The molecule has 0 bridgehead atoms. The van der Waals surface area contributed by atoms with Crippen molar-refractivity contribution < 1.29 is 14.3 Å². The van der Waals surface area contributed by atoms with E-state index >= 15 is 0 Å². The molecule has 1 atom stereocenters. The Morgan fingerprint density at radius 1 is 1.41 bits per heavy atom. The lowest BCUT2D eigenvalue weighted by Gasteiger charge is -2.16. The molecule has 0 aliphatic carbocycles. The monoisotopic (exact) mass is 301 g/mol. The zero-order valence-electron chi connectivity index (χ0n) is 10.1. The summed E-state index contributed by atoms with van der Waals surface area (Å²) in [7, 11) is 2.98. The SMILES string of the molecule is CCC(Nc1cc(Br)cc(OC)c1)C(=O)OC. The Morgan fingerprint density at radius 2 is 2.12 bits per heavy atom. The van der Waals surface area contributed by atoms with Crippen molar-refractivity contribution in [3.05, 3.63) is 22.7 Å². The van der Waals surface area contributed by atoms with Gasteiger partial charge in [0.05, 0.1) is 14.2 Å². The number of methoxy groups -OCH3 is 2. The second-order valence-electron chi connectivity index (χ2n) is 3.51. The van der Waals surface area contributed by atoms with Gasteiger partial charge >= 0.3 is 5.97 Å². The van der Waals surface area contributed by atoms with Gasteiger partial charge in [0.2, 0.25) is 0 Å². The Morgan fingerprint density at radius 3 is 2.65 bits per heavy atom. The molecule has 0 heterocycles. The molecule has 5 heteroatoms. The summed E-state index contributed by atoms with van der Waals surface area (Å²) < 4.78 is 10.8. The number of rotatable bonds is 5. The van der Waals surface area contributed by atoms with Crippen LogP contribution in [-0.4, -0.2) is 26.2 Å². The molecule has 1 unspecified atom stereocenters. The van der Waals surface area contributed by atoms with Crippen LogP contribution in [0.4, 0.5) is 5.69 Å². The van der Waals surface area contributed by atoms with Gasteiger partial charge in [-0.05, 0) is 18.6 Å². The Kier molecular flexibility index (Phi) is 5.28. The van der Waals surface area contributed by atoms with Crippen molar-refractivity contribution in [3.8, 4) is 5.75 Å². The molecule has 0 spiro atoms. The van der Waals surface area contributed by atoms with Crippen molar-refractivity contribution in [1.29, 1.82) is 0 Å². The van der Waals surface area contributed by atoms with Crippen LogP contribution in [0.1, 0.15) is 13.3 Å². The molecule has 1 aromatic carbocycles. The quantitative estimate of drug-likeness (QED) is 0.850. The highest BCUT2D eigenvalue weighted by Gasteiger charge is 2.16. The fourth-order valence-electron chi connectivity index (χ4n) is 1.44. The second kappa shape index (κ2) is 6.49. The van der Waals surface area contributed by atoms with Crippen LogP contribution in [-0.2, 0) is 9.53 Å². The third-order valence-corrected chi connectivity index (χ3v) is 2.80. The van der Waals surface area contributed by atoms with E-state index in [1.165, 1.54) is 7.11 Å². The van der Waals surface area contributed by atoms with Gasteiger partial charge in [-0.3, -0.25) is 0 Å². The van der Waals surface area contributed by atoms with E-state index in [0.717, 1.165) is 15.9 Å². The summed E-state index contributed by atoms with van der Waals surface area (Å²) >= 11 is 3.38. The lowest BCUT2D eigenvalue weighted by Crippen LogP contribution is -2.29. The third kappa shape index (κ3) is 3.93. The Labute approximate surface area is 109 Å². The molecule has 0 radical (unpaired) electrons. The predicted octanol–water partition coefficient (Wildman–Crippen LogP) is 2.82. The van der Waals surface area contributed by atoms with Gasteiger partial charge in [0.25, 0.3) is 0 Å². The molecule has 0 aliphatic rings. The molecule has 0 aromatic heterocycles. The maximum Gasteiger partial charge on any atom is 0.328 e. The van der Waals surface area contributed by atoms with Crippen LogP contribution < -0.4 is 10.1 Å². The first-order chi connectivity index (χ1) is 8.10.